The molecule has 140 valence electrons. The lowest BCUT2D eigenvalue weighted by Gasteiger charge is -2.47. The molecule has 2 unspecified atom stereocenters. The Morgan fingerprint density at radius 2 is 1.17 bits per heavy atom. The second-order valence-corrected chi connectivity index (χ2v) is 10.5. The predicted octanol–water partition coefficient (Wildman–Crippen LogP) is 5.50. The summed E-state index contributed by atoms with van der Waals surface area (Å²) in [4.78, 5) is 1.86. The molecule has 0 bridgehead atoms. The normalized spacial score (nSPS) is 28.6. The first kappa shape index (κ1) is 19.4. The molecule has 6 heteroatoms. The highest BCUT2D eigenvalue weighted by Crippen LogP contribution is 2.68. The van der Waals surface area contributed by atoms with E-state index < -0.39 is 0 Å². The van der Waals surface area contributed by atoms with Crippen LogP contribution < -0.4 is 0 Å². The minimum atomic E-state index is -0.260. The molecule has 0 aromatic rings. The predicted molar refractivity (Wildman–Crippen MR) is 115 cm³/mol. The SMILES string of the molecule is CC12SC(C=C(C#N)C#N)=CC1=C1CCCC1=C1C=C(C=C(C#N)C#N)SC12C. The van der Waals surface area contributed by atoms with Crippen molar-refractivity contribution < 1.29 is 0 Å². The van der Waals surface area contributed by atoms with E-state index in [-0.39, 0.29) is 20.6 Å². The van der Waals surface area contributed by atoms with Crippen molar-refractivity contribution in [3.63, 3.8) is 0 Å². The molecule has 0 radical (unpaired) electrons. The Morgan fingerprint density at radius 3 is 1.52 bits per heavy atom. The summed E-state index contributed by atoms with van der Waals surface area (Å²) in [6.07, 6.45) is 10.8. The monoisotopic (exact) mass is 412 g/mol. The molecule has 2 aliphatic carbocycles. The lowest BCUT2D eigenvalue weighted by atomic mass is 9.72. The van der Waals surface area contributed by atoms with E-state index in [0.717, 1.165) is 29.1 Å². The maximum absolute atomic E-state index is 9.16. The van der Waals surface area contributed by atoms with Gasteiger partial charge >= 0.3 is 0 Å². The first-order chi connectivity index (χ1) is 13.9. The first-order valence-electron chi connectivity index (χ1n) is 9.23. The van der Waals surface area contributed by atoms with Crippen molar-refractivity contribution in [2.45, 2.75) is 42.6 Å². The molecular formula is C23H16N4S2. The highest BCUT2D eigenvalue weighted by molar-refractivity contribution is 8.09. The Labute approximate surface area is 178 Å². The minimum Gasteiger partial charge on any atom is -0.192 e. The maximum Gasteiger partial charge on any atom is 0.130 e. The largest absolute Gasteiger partial charge is 0.192 e. The highest BCUT2D eigenvalue weighted by Gasteiger charge is 2.58. The standard InChI is InChI=1S/C23H16N4S2/c1-22-20(8-16(28-22)6-14(10-24)11-25)18-4-3-5-19(18)21-9-17(29-23(21,22)2)7-15(12-26)13-27/h6-9H,3-5H2,1-2H3. The number of nitriles is 4. The van der Waals surface area contributed by atoms with E-state index in [1.54, 1.807) is 35.7 Å². The van der Waals surface area contributed by atoms with Crippen LogP contribution in [-0.2, 0) is 0 Å². The third kappa shape index (κ3) is 2.73. The van der Waals surface area contributed by atoms with Crippen LogP contribution >= 0.6 is 23.5 Å². The molecule has 4 rings (SSSR count). The molecule has 1 saturated carbocycles. The Morgan fingerprint density at radius 1 is 0.793 bits per heavy atom. The summed E-state index contributed by atoms with van der Waals surface area (Å²) >= 11 is 3.40. The number of rotatable bonds is 2. The lowest BCUT2D eigenvalue weighted by molar-refractivity contribution is 0.607. The van der Waals surface area contributed by atoms with Crippen molar-refractivity contribution in [2.24, 2.45) is 0 Å². The summed E-state index contributed by atoms with van der Waals surface area (Å²) < 4.78 is -0.521. The summed E-state index contributed by atoms with van der Waals surface area (Å²) in [5.74, 6) is 0. The molecule has 4 aliphatic rings. The van der Waals surface area contributed by atoms with Gasteiger partial charge in [-0.15, -0.1) is 23.5 Å². The third-order valence-electron chi connectivity index (χ3n) is 6.08. The molecule has 0 spiro atoms. The van der Waals surface area contributed by atoms with E-state index in [9.17, 15) is 0 Å². The lowest BCUT2D eigenvalue weighted by Crippen LogP contribution is -2.47. The van der Waals surface area contributed by atoms with E-state index >= 15 is 0 Å². The minimum absolute atomic E-state index is 0.107. The number of nitrogens with zero attached hydrogens (tertiary/aromatic N) is 4. The number of allylic oxidation sites excluding steroid dienone is 8. The van der Waals surface area contributed by atoms with E-state index in [1.165, 1.54) is 22.3 Å². The number of fused-ring (bicyclic) bond motifs is 4. The van der Waals surface area contributed by atoms with Crippen molar-refractivity contribution in [3.05, 3.63) is 67.6 Å². The molecule has 0 amide bonds. The molecule has 0 aromatic carbocycles. The Balaban J connectivity index is 1.86. The summed E-state index contributed by atoms with van der Waals surface area (Å²) in [5.41, 5.74) is 5.55. The van der Waals surface area contributed by atoms with Crippen molar-refractivity contribution in [3.8, 4) is 24.3 Å². The van der Waals surface area contributed by atoms with Crippen molar-refractivity contribution in [1.29, 1.82) is 21.0 Å². The number of thioether (sulfide) groups is 2. The fraction of sp³-hybridized carbons (Fsp3) is 0.304. The van der Waals surface area contributed by atoms with Crippen LogP contribution in [0.25, 0.3) is 0 Å². The molecule has 2 atom stereocenters. The van der Waals surface area contributed by atoms with Crippen LogP contribution in [0.1, 0.15) is 33.1 Å². The second-order valence-electron chi connectivity index (χ2n) is 7.57. The van der Waals surface area contributed by atoms with Gasteiger partial charge in [0.2, 0.25) is 0 Å². The third-order valence-corrected chi connectivity index (χ3v) is 9.22. The average Bonchev–Trinajstić information content (AvgIpc) is 3.40. The van der Waals surface area contributed by atoms with Crippen LogP contribution in [0, 0.1) is 45.3 Å². The molecular weight excluding hydrogens is 396 g/mol. The average molecular weight is 413 g/mol. The van der Waals surface area contributed by atoms with Crippen LogP contribution in [0.3, 0.4) is 0 Å². The molecule has 2 heterocycles. The number of hydrogen-bond donors (Lipinski definition) is 0. The van der Waals surface area contributed by atoms with Crippen LogP contribution in [-0.4, -0.2) is 9.49 Å². The van der Waals surface area contributed by atoms with Crippen LogP contribution in [0.5, 0.6) is 0 Å². The van der Waals surface area contributed by atoms with Gasteiger partial charge in [-0.1, -0.05) is 0 Å². The molecule has 0 aromatic heterocycles. The zero-order valence-corrected chi connectivity index (χ0v) is 17.7. The fourth-order valence-corrected chi connectivity index (χ4v) is 7.70. The van der Waals surface area contributed by atoms with Gasteiger partial charge in [-0.05, 0) is 79.7 Å². The van der Waals surface area contributed by atoms with Crippen LogP contribution in [0.2, 0.25) is 0 Å². The van der Waals surface area contributed by atoms with E-state index in [0.29, 0.717) is 0 Å². The molecule has 0 N–H and O–H groups in total. The van der Waals surface area contributed by atoms with E-state index in [1.807, 2.05) is 24.3 Å². The zero-order chi connectivity index (χ0) is 20.8. The summed E-state index contributed by atoms with van der Waals surface area (Å²) in [7, 11) is 0. The Hall–Kier alpha value is -2.90. The smallest absolute Gasteiger partial charge is 0.130 e. The van der Waals surface area contributed by atoms with Crippen molar-refractivity contribution in [1.82, 2.24) is 0 Å². The van der Waals surface area contributed by atoms with Gasteiger partial charge in [0, 0.05) is 9.81 Å². The molecule has 29 heavy (non-hydrogen) atoms. The van der Waals surface area contributed by atoms with E-state index in [2.05, 4.69) is 26.0 Å². The van der Waals surface area contributed by atoms with Gasteiger partial charge < -0.3 is 0 Å². The van der Waals surface area contributed by atoms with Crippen LogP contribution in [0.15, 0.2) is 67.6 Å². The van der Waals surface area contributed by atoms with Crippen molar-refractivity contribution >= 4 is 23.5 Å². The van der Waals surface area contributed by atoms with Gasteiger partial charge in [0.25, 0.3) is 0 Å². The highest BCUT2D eigenvalue weighted by atomic mass is 32.2. The van der Waals surface area contributed by atoms with Gasteiger partial charge in [-0.3, -0.25) is 0 Å². The molecule has 2 aliphatic heterocycles. The van der Waals surface area contributed by atoms with Crippen molar-refractivity contribution in [2.75, 3.05) is 0 Å². The van der Waals surface area contributed by atoms with Crippen LogP contribution in [0.4, 0.5) is 0 Å². The molecule has 0 saturated heterocycles. The van der Waals surface area contributed by atoms with Gasteiger partial charge in [0.1, 0.15) is 35.4 Å². The first-order valence-corrected chi connectivity index (χ1v) is 10.9. The number of hydrogen-bond acceptors (Lipinski definition) is 6. The molecule has 4 nitrogen and oxygen atoms in total. The summed E-state index contributed by atoms with van der Waals surface area (Å²) in [6.45, 7) is 4.46. The Bertz CT molecular complexity index is 1070. The topological polar surface area (TPSA) is 95.2 Å². The van der Waals surface area contributed by atoms with Gasteiger partial charge in [-0.25, -0.2) is 0 Å². The van der Waals surface area contributed by atoms with E-state index in [4.69, 9.17) is 21.0 Å². The Kier molecular flexibility index (Phi) is 4.59. The fourth-order valence-electron chi connectivity index (χ4n) is 4.60. The van der Waals surface area contributed by atoms with Gasteiger partial charge in [0.05, 0.1) is 9.49 Å². The molecule has 1 fully saturated rings. The summed E-state index contributed by atoms with van der Waals surface area (Å²) in [6, 6.07) is 7.80. The maximum atomic E-state index is 9.16. The van der Waals surface area contributed by atoms with Gasteiger partial charge in [-0.2, -0.15) is 21.0 Å². The zero-order valence-electron chi connectivity index (χ0n) is 16.0. The summed E-state index contributed by atoms with van der Waals surface area (Å²) in [5, 5.41) is 36.6. The second kappa shape index (κ2) is 6.86. The van der Waals surface area contributed by atoms with Gasteiger partial charge in [0.15, 0.2) is 0 Å². The quantitative estimate of drug-likeness (QED) is 0.556.